The summed E-state index contributed by atoms with van der Waals surface area (Å²) in [6, 6.07) is 0.233. The fraction of sp³-hybridized carbons (Fsp3) is 0.667. The molecule has 26 heavy (non-hydrogen) atoms. The second kappa shape index (κ2) is 8.33. The average molecular weight is 359 g/mol. The van der Waals surface area contributed by atoms with Crippen LogP contribution in [0.25, 0.3) is 11.2 Å². The van der Waals surface area contributed by atoms with E-state index in [0.29, 0.717) is 6.42 Å². The van der Waals surface area contributed by atoms with Crippen molar-refractivity contribution in [1.29, 1.82) is 0 Å². The van der Waals surface area contributed by atoms with Crippen LogP contribution in [0.15, 0.2) is 6.33 Å². The fourth-order valence-corrected chi connectivity index (χ4v) is 3.31. The first-order valence-electron chi connectivity index (χ1n) is 9.60. The lowest BCUT2D eigenvalue weighted by atomic mass is 10.3. The summed E-state index contributed by atoms with van der Waals surface area (Å²) in [7, 11) is 0. The molecular weight excluding hydrogens is 330 g/mol. The predicted octanol–water partition coefficient (Wildman–Crippen LogP) is 2.65. The number of hydrogen-bond donors (Lipinski definition) is 2. The molecule has 8 nitrogen and oxygen atoms in total. The molecule has 0 atom stereocenters. The lowest BCUT2D eigenvalue weighted by Crippen LogP contribution is -2.27. The molecule has 3 rings (SSSR count). The van der Waals surface area contributed by atoms with Gasteiger partial charge in [0.1, 0.15) is 6.33 Å². The number of likely N-dealkylation sites (tertiary alicyclic amines) is 1. The SMILES string of the molecule is CCCNc1ncnc2c1nc(NCCCN1CCCC1=O)n2C(C)C. The molecule has 142 valence electrons. The van der Waals surface area contributed by atoms with E-state index in [2.05, 4.69) is 45.9 Å². The van der Waals surface area contributed by atoms with Crippen molar-refractivity contribution in [2.24, 2.45) is 0 Å². The van der Waals surface area contributed by atoms with Crippen LogP contribution in [0, 0.1) is 0 Å². The number of amides is 1. The Hall–Kier alpha value is -2.38. The van der Waals surface area contributed by atoms with Crippen molar-refractivity contribution in [1.82, 2.24) is 24.4 Å². The van der Waals surface area contributed by atoms with E-state index < -0.39 is 0 Å². The van der Waals surface area contributed by atoms with Gasteiger partial charge in [0, 0.05) is 38.6 Å². The van der Waals surface area contributed by atoms with E-state index in [1.165, 1.54) is 0 Å². The molecule has 0 saturated carbocycles. The molecule has 8 heteroatoms. The topological polar surface area (TPSA) is 88.0 Å². The monoisotopic (exact) mass is 359 g/mol. The maximum Gasteiger partial charge on any atom is 0.222 e. The van der Waals surface area contributed by atoms with Gasteiger partial charge in [0.05, 0.1) is 0 Å². The Balaban J connectivity index is 1.72. The lowest BCUT2D eigenvalue weighted by Gasteiger charge is -2.16. The molecule has 0 spiro atoms. The highest BCUT2D eigenvalue weighted by Crippen LogP contribution is 2.26. The van der Waals surface area contributed by atoms with E-state index >= 15 is 0 Å². The van der Waals surface area contributed by atoms with Gasteiger partial charge in [-0.25, -0.2) is 15.0 Å². The molecular formula is C18H29N7O. The second-order valence-corrected chi connectivity index (χ2v) is 6.99. The highest BCUT2D eigenvalue weighted by Gasteiger charge is 2.20. The summed E-state index contributed by atoms with van der Waals surface area (Å²) in [6.07, 6.45) is 5.20. The molecule has 0 aromatic carbocycles. The molecule has 1 aliphatic rings. The third-order valence-corrected chi connectivity index (χ3v) is 4.60. The van der Waals surface area contributed by atoms with Crippen LogP contribution >= 0.6 is 0 Å². The van der Waals surface area contributed by atoms with Gasteiger partial charge in [0.15, 0.2) is 17.0 Å². The van der Waals surface area contributed by atoms with Gasteiger partial charge >= 0.3 is 0 Å². The molecule has 3 heterocycles. The molecule has 2 aromatic rings. The zero-order valence-electron chi connectivity index (χ0n) is 16.0. The summed E-state index contributed by atoms with van der Waals surface area (Å²) in [6.45, 7) is 9.68. The number of hydrogen-bond acceptors (Lipinski definition) is 6. The van der Waals surface area contributed by atoms with Crippen LogP contribution in [-0.4, -0.2) is 56.5 Å². The Labute approximate surface area is 154 Å². The Kier molecular flexibility index (Phi) is 5.90. The second-order valence-electron chi connectivity index (χ2n) is 6.99. The van der Waals surface area contributed by atoms with Crippen LogP contribution in [0.5, 0.6) is 0 Å². The summed E-state index contributed by atoms with van der Waals surface area (Å²) >= 11 is 0. The maximum atomic E-state index is 11.7. The Morgan fingerprint density at radius 2 is 2.08 bits per heavy atom. The van der Waals surface area contributed by atoms with Crippen molar-refractivity contribution in [3.8, 4) is 0 Å². The molecule has 1 aliphatic heterocycles. The fourth-order valence-electron chi connectivity index (χ4n) is 3.31. The Morgan fingerprint density at radius 3 is 2.77 bits per heavy atom. The smallest absolute Gasteiger partial charge is 0.222 e. The number of nitrogens with zero attached hydrogens (tertiary/aromatic N) is 5. The van der Waals surface area contributed by atoms with Crippen LogP contribution in [-0.2, 0) is 4.79 Å². The number of nitrogens with one attached hydrogen (secondary N) is 2. The van der Waals surface area contributed by atoms with Gasteiger partial charge in [0.25, 0.3) is 0 Å². The number of imidazole rings is 1. The third kappa shape index (κ3) is 3.89. The molecule has 1 fully saturated rings. The van der Waals surface area contributed by atoms with Gasteiger partial charge in [-0.3, -0.25) is 9.36 Å². The minimum atomic E-state index is 0.233. The van der Waals surface area contributed by atoms with Gasteiger partial charge in [-0.2, -0.15) is 0 Å². The largest absolute Gasteiger partial charge is 0.368 e. The minimum absolute atomic E-state index is 0.233. The lowest BCUT2D eigenvalue weighted by molar-refractivity contribution is -0.127. The van der Waals surface area contributed by atoms with Crippen LogP contribution in [0.1, 0.15) is 52.5 Å². The average Bonchev–Trinajstić information content (AvgIpc) is 3.20. The summed E-state index contributed by atoms with van der Waals surface area (Å²) in [4.78, 5) is 27.2. The van der Waals surface area contributed by atoms with Gasteiger partial charge in [-0.05, 0) is 33.1 Å². The molecule has 1 saturated heterocycles. The molecule has 0 aliphatic carbocycles. The number of rotatable bonds is 9. The van der Waals surface area contributed by atoms with E-state index in [0.717, 1.165) is 68.4 Å². The number of aromatic nitrogens is 4. The number of carbonyl (C=O) groups excluding carboxylic acids is 1. The summed E-state index contributed by atoms with van der Waals surface area (Å²) < 4.78 is 2.11. The van der Waals surface area contributed by atoms with E-state index in [1.807, 2.05) is 4.90 Å². The summed E-state index contributed by atoms with van der Waals surface area (Å²) in [5.74, 6) is 1.87. The number of fused-ring (bicyclic) bond motifs is 1. The van der Waals surface area contributed by atoms with Gasteiger partial charge in [0.2, 0.25) is 11.9 Å². The van der Waals surface area contributed by atoms with Gasteiger partial charge < -0.3 is 15.5 Å². The molecule has 2 N–H and O–H groups in total. The molecule has 1 amide bonds. The van der Waals surface area contributed by atoms with E-state index in [4.69, 9.17) is 4.98 Å². The molecule has 0 unspecified atom stereocenters. The quantitative estimate of drug-likeness (QED) is 0.669. The van der Waals surface area contributed by atoms with E-state index in [1.54, 1.807) is 6.33 Å². The van der Waals surface area contributed by atoms with E-state index in [-0.39, 0.29) is 11.9 Å². The minimum Gasteiger partial charge on any atom is -0.368 e. The summed E-state index contributed by atoms with van der Waals surface area (Å²) in [5.41, 5.74) is 1.64. The summed E-state index contributed by atoms with van der Waals surface area (Å²) in [5, 5.41) is 6.75. The van der Waals surface area contributed by atoms with Crippen molar-refractivity contribution in [2.75, 3.05) is 36.8 Å². The normalized spacial score (nSPS) is 14.6. The maximum absolute atomic E-state index is 11.7. The van der Waals surface area contributed by atoms with Crippen LogP contribution in [0.2, 0.25) is 0 Å². The molecule has 0 bridgehead atoms. The van der Waals surface area contributed by atoms with Crippen LogP contribution < -0.4 is 10.6 Å². The van der Waals surface area contributed by atoms with Crippen molar-refractivity contribution in [3.63, 3.8) is 0 Å². The first-order valence-corrected chi connectivity index (χ1v) is 9.60. The first-order chi connectivity index (χ1) is 12.6. The van der Waals surface area contributed by atoms with Crippen molar-refractivity contribution >= 4 is 28.8 Å². The molecule has 0 radical (unpaired) electrons. The van der Waals surface area contributed by atoms with E-state index in [9.17, 15) is 4.79 Å². The van der Waals surface area contributed by atoms with Gasteiger partial charge in [-0.15, -0.1) is 0 Å². The predicted molar refractivity (Wildman–Crippen MR) is 103 cm³/mol. The Bertz CT molecular complexity index is 755. The van der Waals surface area contributed by atoms with Crippen LogP contribution in [0.4, 0.5) is 11.8 Å². The first kappa shape index (κ1) is 18.4. The van der Waals surface area contributed by atoms with Gasteiger partial charge in [-0.1, -0.05) is 6.92 Å². The van der Waals surface area contributed by atoms with Crippen molar-refractivity contribution < 1.29 is 4.79 Å². The standard InChI is InChI=1S/C18H29N7O/c1-4-8-19-16-15-17(22-12-21-16)25(13(2)3)18(23-15)20-9-6-11-24-10-5-7-14(24)26/h12-13H,4-11H2,1-3H3,(H,20,23)(H,19,21,22). The highest BCUT2D eigenvalue weighted by atomic mass is 16.2. The number of carbonyl (C=O) groups is 1. The van der Waals surface area contributed by atoms with Crippen molar-refractivity contribution in [3.05, 3.63) is 6.33 Å². The zero-order chi connectivity index (χ0) is 18.5. The zero-order valence-corrected chi connectivity index (χ0v) is 16.0. The van der Waals surface area contributed by atoms with Crippen molar-refractivity contribution in [2.45, 2.75) is 52.5 Å². The van der Waals surface area contributed by atoms with Crippen LogP contribution in [0.3, 0.4) is 0 Å². The highest BCUT2D eigenvalue weighted by molar-refractivity contribution is 5.85. The molecule has 2 aromatic heterocycles. The third-order valence-electron chi connectivity index (χ3n) is 4.60. The Morgan fingerprint density at radius 1 is 1.23 bits per heavy atom. The number of anilines is 2.